The molecule has 1 atom stereocenters. The maximum Gasteiger partial charge on any atom is 0.311 e. The minimum Gasteiger partial charge on any atom is -0.481 e. The Morgan fingerprint density at radius 3 is 2.67 bits per heavy atom. The maximum absolute atomic E-state index is 11.5. The van der Waals surface area contributed by atoms with Crippen molar-refractivity contribution in [1.29, 1.82) is 0 Å². The zero-order chi connectivity index (χ0) is 13.3. The highest BCUT2D eigenvalue weighted by Crippen LogP contribution is 2.33. The van der Waals surface area contributed by atoms with Gasteiger partial charge in [0.15, 0.2) is 5.78 Å². The minimum atomic E-state index is -0.853. The summed E-state index contributed by atoms with van der Waals surface area (Å²) in [6, 6.07) is 5.86. The average molecular weight is 244 g/mol. The van der Waals surface area contributed by atoms with E-state index in [9.17, 15) is 14.7 Å². The molecule has 0 spiro atoms. The standard InChI is InChI=1S/C15H16O3/c1-9-3-5-12(10(2)7-9)14-8-11(16)4-6-13(14)15(17)18/h3,5,7-8,13H,4,6H2,1-2H3,(H,17,18). The number of carboxylic acids is 1. The predicted molar refractivity (Wildman–Crippen MR) is 69.3 cm³/mol. The molecule has 2 rings (SSSR count). The van der Waals surface area contributed by atoms with Crippen LogP contribution >= 0.6 is 0 Å². The lowest BCUT2D eigenvalue weighted by molar-refractivity contribution is -0.140. The van der Waals surface area contributed by atoms with Crippen molar-refractivity contribution in [3.63, 3.8) is 0 Å². The van der Waals surface area contributed by atoms with Crippen LogP contribution in [0.1, 0.15) is 29.5 Å². The number of hydrogen-bond donors (Lipinski definition) is 1. The van der Waals surface area contributed by atoms with Crippen LogP contribution in [-0.4, -0.2) is 16.9 Å². The molecule has 3 nitrogen and oxygen atoms in total. The molecule has 0 saturated carbocycles. The average Bonchev–Trinajstić information content (AvgIpc) is 2.28. The number of carbonyl (C=O) groups is 2. The highest BCUT2D eigenvalue weighted by molar-refractivity contribution is 6.03. The summed E-state index contributed by atoms with van der Waals surface area (Å²) in [7, 11) is 0. The van der Waals surface area contributed by atoms with Gasteiger partial charge in [-0.3, -0.25) is 9.59 Å². The first-order valence-corrected chi connectivity index (χ1v) is 6.04. The lowest BCUT2D eigenvalue weighted by Crippen LogP contribution is -2.21. The van der Waals surface area contributed by atoms with E-state index in [1.165, 1.54) is 6.08 Å². The van der Waals surface area contributed by atoms with Gasteiger partial charge in [-0.15, -0.1) is 0 Å². The molecule has 1 aliphatic rings. The molecular weight excluding hydrogens is 228 g/mol. The number of ketones is 1. The van der Waals surface area contributed by atoms with Gasteiger partial charge in [0, 0.05) is 6.42 Å². The van der Waals surface area contributed by atoms with Crippen LogP contribution in [-0.2, 0) is 9.59 Å². The van der Waals surface area contributed by atoms with Crippen molar-refractivity contribution in [2.24, 2.45) is 5.92 Å². The van der Waals surface area contributed by atoms with Crippen LogP contribution in [0.4, 0.5) is 0 Å². The van der Waals surface area contributed by atoms with E-state index in [1.54, 1.807) is 0 Å². The Morgan fingerprint density at radius 1 is 1.33 bits per heavy atom. The Bertz CT molecular complexity index is 541. The van der Waals surface area contributed by atoms with Gasteiger partial charge in [0.1, 0.15) is 0 Å². The Balaban J connectivity index is 2.51. The van der Waals surface area contributed by atoms with Gasteiger partial charge in [0.05, 0.1) is 5.92 Å². The molecule has 0 aromatic heterocycles. The molecule has 0 amide bonds. The number of allylic oxidation sites excluding steroid dienone is 1. The van der Waals surface area contributed by atoms with Crippen molar-refractivity contribution in [2.45, 2.75) is 26.7 Å². The van der Waals surface area contributed by atoms with E-state index in [2.05, 4.69) is 0 Å². The molecule has 0 radical (unpaired) electrons. The second-order valence-electron chi connectivity index (χ2n) is 4.81. The summed E-state index contributed by atoms with van der Waals surface area (Å²) in [5.74, 6) is -1.40. The Kier molecular flexibility index (Phi) is 3.32. The maximum atomic E-state index is 11.5. The first-order valence-electron chi connectivity index (χ1n) is 6.04. The zero-order valence-electron chi connectivity index (χ0n) is 10.6. The van der Waals surface area contributed by atoms with Gasteiger partial charge in [-0.05, 0) is 43.0 Å². The first-order chi connectivity index (χ1) is 8.49. The fourth-order valence-electron chi connectivity index (χ4n) is 2.45. The Hall–Kier alpha value is -1.90. The van der Waals surface area contributed by atoms with E-state index >= 15 is 0 Å². The van der Waals surface area contributed by atoms with Crippen molar-refractivity contribution < 1.29 is 14.7 Å². The van der Waals surface area contributed by atoms with Crippen molar-refractivity contribution >= 4 is 17.3 Å². The summed E-state index contributed by atoms with van der Waals surface area (Å²) in [5, 5.41) is 9.25. The number of hydrogen-bond acceptors (Lipinski definition) is 2. The smallest absolute Gasteiger partial charge is 0.311 e. The van der Waals surface area contributed by atoms with E-state index in [-0.39, 0.29) is 5.78 Å². The van der Waals surface area contributed by atoms with Crippen molar-refractivity contribution in [1.82, 2.24) is 0 Å². The summed E-state index contributed by atoms with van der Waals surface area (Å²) in [6.45, 7) is 3.94. The van der Waals surface area contributed by atoms with Gasteiger partial charge < -0.3 is 5.11 Å². The molecule has 1 aromatic carbocycles. The van der Waals surface area contributed by atoms with Gasteiger partial charge >= 0.3 is 5.97 Å². The summed E-state index contributed by atoms with van der Waals surface area (Å²) in [5.41, 5.74) is 3.67. The van der Waals surface area contributed by atoms with E-state index < -0.39 is 11.9 Å². The molecule has 18 heavy (non-hydrogen) atoms. The van der Waals surface area contributed by atoms with Gasteiger partial charge in [-0.1, -0.05) is 23.8 Å². The van der Waals surface area contributed by atoms with E-state index in [0.717, 1.165) is 16.7 Å². The largest absolute Gasteiger partial charge is 0.481 e. The highest BCUT2D eigenvalue weighted by Gasteiger charge is 2.28. The van der Waals surface area contributed by atoms with Crippen LogP contribution < -0.4 is 0 Å². The second-order valence-corrected chi connectivity index (χ2v) is 4.81. The molecule has 1 unspecified atom stereocenters. The molecule has 3 heteroatoms. The van der Waals surface area contributed by atoms with Crippen molar-refractivity contribution in [3.05, 3.63) is 41.0 Å². The van der Waals surface area contributed by atoms with Crippen LogP contribution in [0.3, 0.4) is 0 Å². The van der Waals surface area contributed by atoms with E-state index in [4.69, 9.17) is 0 Å². The number of benzene rings is 1. The van der Waals surface area contributed by atoms with E-state index in [0.29, 0.717) is 18.4 Å². The molecule has 0 heterocycles. The van der Waals surface area contributed by atoms with E-state index in [1.807, 2.05) is 32.0 Å². The quantitative estimate of drug-likeness (QED) is 0.870. The third kappa shape index (κ3) is 2.35. The lowest BCUT2D eigenvalue weighted by atomic mass is 9.81. The first kappa shape index (κ1) is 12.6. The fourth-order valence-corrected chi connectivity index (χ4v) is 2.45. The number of rotatable bonds is 2. The summed E-state index contributed by atoms with van der Waals surface area (Å²) < 4.78 is 0. The van der Waals surface area contributed by atoms with Crippen LogP contribution in [0.2, 0.25) is 0 Å². The number of carboxylic acid groups (broad SMARTS) is 1. The minimum absolute atomic E-state index is 0.0162. The Morgan fingerprint density at radius 2 is 2.06 bits per heavy atom. The monoisotopic (exact) mass is 244 g/mol. The topological polar surface area (TPSA) is 54.4 Å². The molecule has 0 saturated heterocycles. The highest BCUT2D eigenvalue weighted by atomic mass is 16.4. The Labute approximate surface area is 106 Å². The van der Waals surface area contributed by atoms with Gasteiger partial charge in [0.25, 0.3) is 0 Å². The molecular formula is C15H16O3. The summed E-state index contributed by atoms with van der Waals surface area (Å²) in [6.07, 6.45) is 2.22. The van der Waals surface area contributed by atoms with Gasteiger partial charge in [-0.25, -0.2) is 0 Å². The molecule has 1 aliphatic carbocycles. The molecule has 0 bridgehead atoms. The second kappa shape index (κ2) is 4.77. The molecule has 1 aromatic rings. The SMILES string of the molecule is Cc1ccc(C2=CC(=O)CCC2C(=O)O)c(C)c1. The fraction of sp³-hybridized carbons (Fsp3) is 0.333. The van der Waals surface area contributed by atoms with Crippen LogP contribution in [0, 0.1) is 19.8 Å². The normalized spacial score (nSPS) is 19.6. The summed E-state index contributed by atoms with van der Waals surface area (Å²) in [4.78, 5) is 22.8. The van der Waals surface area contributed by atoms with Crippen LogP contribution in [0.25, 0.3) is 5.57 Å². The number of carbonyl (C=O) groups excluding carboxylic acids is 1. The molecule has 1 N–H and O–H groups in total. The molecule has 94 valence electrons. The third-order valence-electron chi connectivity index (χ3n) is 3.36. The lowest BCUT2D eigenvalue weighted by Gasteiger charge is -2.21. The van der Waals surface area contributed by atoms with Gasteiger partial charge in [-0.2, -0.15) is 0 Å². The van der Waals surface area contributed by atoms with Crippen LogP contribution in [0.5, 0.6) is 0 Å². The van der Waals surface area contributed by atoms with Crippen molar-refractivity contribution in [2.75, 3.05) is 0 Å². The third-order valence-corrected chi connectivity index (χ3v) is 3.36. The van der Waals surface area contributed by atoms with Gasteiger partial charge in [0.2, 0.25) is 0 Å². The van der Waals surface area contributed by atoms with Crippen molar-refractivity contribution in [3.8, 4) is 0 Å². The number of aryl methyl sites for hydroxylation is 2. The number of aliphatic carboxylic acids is 1. The zero-order valence-corrected chi connectivity index (χ0v) is 10.6. The molecule has 0 aliphatic heterocycles. The van der Waals surface area contributed by atoms with Crippen LogP contribution in [0.15, 0.2) is 24.3 Å². The molecule has 0 fully saturated rings. The summed E-state index contributed by atoms with van der Waals surface area (Å²) >= 11 is 0. The predicted octanol–water partition coefficient (Wildman–Crippen LogP) is 2.75.